The lowest BCUT2D eigenvalue weighted by Crippen LogP contribution is -2.34. The Morgan fingerprint density at radius 2 is 1.81 bits per heavy atom. The standard InChI is InChI=1S/C25H26N6O/c1-18-8-9-19(14-27-18)12-13-26-24(20-6-4-3-5-7-20)25(32)30-23-11-10-21(15-28-23)22-16-29-31(2)17-22/h3-11,14-17,24,26H,12-13H2,1-2H3,(H,28,30,32)/t24-/m1/s1. The van der Waals surface area contributed by atoms with E-state index in [9.17, 15) is 4.79 Å². The summed E-state index contributed by atoms with van der Waals surface area (Å²) in [6.45, 7) is 2.61. The first-order valence-electron chi connectivity index (χ1n) is 10.5. The third-order valence-corrected chi connectivity index (χ3v) is 5.18. The Morgan fingerprint density at radius 3 is 2.47 bits per heavy atom. The van der Waals surface area contributed by atoms with Crippen LogP contribution in [0.3, 0.4) is 0 Å². The van der Waals surface area contributed by atoms with Gasteiger partial charge in [0.25, 0.3) is 0 Å². The number of amides is 1. The molecular formula is C25H26N6O. The average Bonchev–Trinajstić information content (AvgIpc) is 3.25. The molecule has 7 heteroatoms. The first-order valence-corrected chi connectivity index (χ1v) is 10.5. The van der Waals surface area contributed by atoms with Crippen molar-refractivity contribution in [3.05, 3.63) is 96.2 Å². The van der Waals surface area contributed by atoms with Gasteiger partial charge >= 0.3 is 0 Å². The summed E-state index contributed by atoms with van der Waals surface area (Å²) in [6, 6.07) is 17.0. The van der Waals surface area contributed by atoms with E-state index in [2.05, 4.69) is 31.8 Å². The SMILES string of the molecule is Cc1ccc(CCN[C@@H](C(=O)Nc2ccc(-c3cnn(C)c3)cn2)c2ccccc2)cn1. The van der Waals surface area contributed by atoms with Gasteiger partial charge in [0.2, 0.25) is 5.91 Å². The molecule has 1 aromatic carbocycles. The van der Waals surface area contributed by atoms with Gasteiger partial charge in [-0.25, -0.2) is 4.98 Å². The van der Waals surface area contributed by atoms with Gasteiger partial charge in [-0.1, -0.05) is 36.4 Å². The zero-order valence-electron chi connectivity index (χ0n) is 18.2. The molecule has 1 atom stereocenters. The molecule has 0 aliphatic carbocycles. The molecule has 0 aliphatic rings. The fourth-order valence-corrected chi connectivity index (χ4v) is 3.42. The molecule has 0 bridgehead atoms. The maximum absolute atomic E-state index is 13.1. The Balaban J connectivity index is 1.43. The second-order valence-corrected chi connectivity index (χ2v) is 7.68. The fourth-order valence-electron chi connectivity index (χ4n) is 3.42. The molecule has 4 rings (SSSR count). The lowest BCUT2D eigenvalue weighted by Gasteiger charge is -2.19. The molecule has 3 heterocycles. The van der Waals surface area contributed by atoms with Crippen molar-refractivity contribution in [2.45, 2.75) is 19.4 Å². The summed E-state index contributed by atoms with van der Waals surface area (Å²) in [4.78, 5) is 21.9. The number of nitrogens with one attached hydrogen (secondary N) is 2. The molecule has 32 heavy (non-hydrogen) atoms. The molecule has 4 aromatic rings. The predicted octanol–water partition coefficient (Wildman–Crippen LogP) is 3.70. The molecule has 0 unspecified atom stereocenters. The van der Waals surface area contributed by atoms with E-state index in [1.807, 2.05) is 68.8 Å². The Morgan fingerprint density at radius 1 is 0.969 bits per heavy atom. The molecule has 0 radical (unpaired) electrons. The van der Waals surface area contributed by atoms with E-state index in [4.69, 9.17) is 0 Å². The van der Waals surface area contributed by atoms with E-state index in [1.54, 1.807) is 23.1 Å². The number of rotatable bonds is 8. The van der Waals surface area contributed by atoms with Crippen molar-refractivity contribution in [3.8, 4) is 11.1 Å². The molecule has 0 saturated heterocycles. The number of aryl methyl sites for hydroxylation is 2. The van der Waals surface area contributed by atoms with E-state index in [0.717, 1.165) is 34.4 Å². The van der Waals surface area contributed by atoms with Crippen LogP contribution in [0.1, 0.15) is 22.9 Å². The van der Waals surface area contributed by atoms with E-state index < -0.39 is 6.04 Å². The van der Waals surface area contributed by atoms with Crippen LogP contribution in [-0.2, 0) is 18.3 Å². The maximum Gasteiger partial charge on any atom is 0.247 e. The smallest absolute Gasteiger partial charge is 0.247 e. The minimum Gasteiger partial charge on any atom is -0.309 e. The lowest BCUT2D eigenvalue weighted by molar-refractivity contribution is -0.118. The van der Waals surface area contributed by atoms with Crippen LogP contribution in [0.25, 0.3) is 11.1 Å². The number of carbonyl (C=O) groups is 1. The number of carbonyl (C=O) groups excluding carboxylic acids is 1. The highest BCUT2D eigenvalue weighted by Gasteiger charge is 2.20. The van der Waals surface area contributed by atoms with Gasteiger partial charge in [0.1, 0.15) is 11.9 Å². The number of nitrogens with zero attached hydrogens (tertiary/aromatic N) is 4. The van der Waals surface area contributed by atoms with Gasteiger partial charge in [-0.2, -0.15) is 5.10 Å². The highest BCUT2D eigenvalue weighted by molar-refractivity contribution is 5.94. The third-order valence-electron chi connectivity index (χ3n) is 5.18. The molecule has 0 spiro atoms. The summed E-state index contributed by atoms with van der Waals surface area (Å²) in [7, 11) is 1.87. The molecule has 162 valence electrons. The minimum atomic E-state index is -0.491. The molecule has 1 amide bonds. The predicted molar refractivity (Wildman–Crippen MR) is 125 cm³/mol. The topological polar surface area (TPSA) is 84.7 Å². The first-order chi connectivity index (χ1) is 15.6. The maximum atomic E-state index is 13.1. The quantitative estimate of drug-likeness (QED) is 0.449. The number of hydrogen-bond acceptors (Lipinski definition) is 5. The minimum absolute atomic E-state index is 0.153. The van der Waals surface area contributed by atoms with Gasteiger partial charge in [0.05, 0.1) is 6.20 Å². The van der Waals surface area contributed by atoms with E-state index >= 15 is 0 Å². The number of pyridine rings is 2. The van der Waals surface area contributed by atoms with Crippen molar-refractivity contribution in [1.29, 1.82) is 0 Å². The van der Waals surface area contributed by atoms with Crippen LogP contribution in [0.5, 0.6) is 0 Å². The molecule has 0 saturated carbocycles. The monoisotopic (exact) mass is 426 g/mol. The van der Waals surface area contributed by atoms with Gasteiger partial charge in [-0.05, 0) is 42.7 Å². The van der Waals surface area contributed by atoms with Gasteiger partial charge < -0.3 is 10.6 Å². The summed E-state index contributed by atoms with van der Waals surface area (Å²) in [5.74, 6) is 0.355. The van der Waals surface area contributed by atoms with Gasteiger partial charge in [0, 0.05) is 49.0 Å². The van der Waals surface area contributed by atoms with Crippen LogP contribution in [0.4, 0.5) is 5.82 Å². The largest absolute Gasteiger partial charge is 0.309 e. The number of anilines is 1. The summed E-state index contributed by atoms with van der Waals surface area (Å²) in [5.41, 5.74) is 4.94. The Bertz CT molecular complexity index is 1150. The van der Waals surface area contributed by atoms with Crippen molar-refractivity contribution >= 4 is 11.7 Å². The van der Waals surface area contributed by atoms with Crippen molar-refractivity contribution in [2.75, 3.05) is 11.9 Å². The number of aromatic nitrogens is 4. The van der Waals surface area contributed by atoms with Crippen molar-refractivity contribution in [2.24, 2.45) is 7.05 Å². The number of benzene rings is 1. The van der Waals surface area contributed by atoms with Crippen LogP contribution >= 0.6 is 0 Å². The van der Waals surface area contributed by atoms with Crippen molar-refractivity contribution < 1.29 is 4.79 Å². The highest BCUT2D eigenvalue weighted by atomic mass is 16.2. The van der Waals surface area contributed by atoms with Crippen molar-refractivity contribution in [1.82, 2.24) is 25.1 Å². The number of hydrogen-bond donors (Lipinski definition) is 2. The average molecular weight is 427 g/mol. The molecule has 3 aromatic heterocycles. The van der Waals surface area contributed by atoms with Crippen LogP contribution < -0.4 is 10.6 Å². The second-order valence-electron chi connectivity index (χ2n) is 7.68. The lowest BCUT2D eigenvalue weighted by atomic mass is 10.1. The van der Waals surface area contributed by atoms with Crippen molar-refractivity contribution in [3.63, 3.8) is 0 Å². The van der Waals surface area contributed by atoms with E-state index in [1.165, 1.54) is 0 Å². The van der Waals surface area contributed by atoms with Crippen LogP contribution in [0, 0.1) is 6.92 Å². The van der Waals surface area contributed by atoms with E-state index in [-0.39, 0.29) is 5.91 Å². The zero-order chi connectivity index (χ0) is 22.3. The van der Waals surface area contributed by atoms with Crippen LogP contribution in [0.15, 0.2) is 79.4 Å². The molecule has 7 nitrogen and oxygen atoms in total. The Kier molecular flexibility index (Phi) is 6.67. The molecular weight excluding hydrogens is 400 g/mol. The first kappa shape index (κ1) is 21.4. The van der Waals surface area contributed by atoms with Gasteiger partial charge in [0.15, 0.2) is 0 Å². The Hall–Kier alpha value is -3.84. The zero-order valence-corrected chi connectivity index (χ0v) is 18.2. The highest BCUT2D eigenvalue weighted by Crippen LogP contribution is 2.20. The molecule has 2 N–H and O–H groups in total. The molecule has 0 fully saturated rings. The van der Waals surface area contributed by atoms with E-state index in [0.29, 0.717) is 12.4 Å². The summed E-state index contributed by atoms with van der Waals surface area (Å²) >= 11 is 0. The second kappa shape index (κ2) is 9.98. The Labute approximate surface area is 187 Å². The third kappa shape index (κ3) is 5.44. The summed E-state index contributed by atoms with van der Waals surface area (Å²) < 4.78 is 1.74. The van der Waals surface area contributed by atoms with Crippen LogP contribution in [0.2, 0.25) is 0 Å². The van der Waals surface area contributed by atoms with Gasteiger partial charge in [-0.15, -0.1) is 0 Å². The molecule has 0 aliphatic heterocycles. The van der Waals surface area contributed by atoms with Gasteiger partial charge in [-0.3, -0.25) is 14.5 Å². The summed E-state index contributed by atoms with van der Waals surface area (Å²) in [6.07, 6.45) is 8.11. The fraction of sp³-hybridized carbons (Fsp3) is 0.200. The normalized spacial score (nSPS) is 11.8. The summed E-state index contributed by atoms with van der Waals surface area (Å²) in [5, 5.41) is 10.5. The van der Waals surface area contributed by atoms with Crippen LogP contribution in [-0.4, -0.2) is 32.2 Å².